The van der Waals surface area contributed by atoms with Crippen molar-refractivity contribution in [2.75, 3.05) is 0 Å². The van der Waals surface area contributed by atoms with Crippen molar-refractivity contribution in [2.45, 2.75) is 11.8 Å². The summed E-state index contributed by atoms with van der Waals surface area (Å²) in [6.45, 7) is 2.15. The van der Waals surface area contributed by atoms with E-state index in [1.54, 1.807) is 11.3 Å². The molecule has 1 unspecified atom stereocenters. The first-order valence-corrected chi connectivity index (χ1v) is 8.59. The average molecular weight is 359 g/mol. The first kappa shape index (κ1) is 14.4. The van der Waals surface area contributed by atoms with Gasteiger partial charge in [-0.05, 0) is 58.6 Å². The molecule has 0 spiro atoms. The molecule has 0 aliphatic carbocycles. The fourth-order valence-electron chi connectivity index (χ4n) is 2.14. The summed E-state index contributed by atoms with van der Waals surface area (Å²) in [4.78, 5) is 0.231. The van der Waals surface area contributed by atoms with Gasteiger partial charge in [0.05, 0.1) is 4.83 Å². The minimum atomic E-state index is 0.231. The van der Waals surface area contributed by atoms with Crippen molar-refractivity contribution < 1.29 is 4.74 Å². The van der Waals surface area contributed by atoms with Crippen molar-refractivity contribution in [3.8, 4) is 11.5 Å². The predicted octanol–water partition coefficient (Wildman–Crippen LogP) is 6.33. The fourth-order valence-corrected chi connectivity index (χ4v) is 3.99. The number of hydrogen-bond donors (Lipinski definition) is 0. The molecule has 106 valence electrons. The van der Waals surface area contributed by atoms with E-state index < -0.39 is 0 Å². The van der Waals surface area contributed by atoms with Gasteiger partial charge in [-0.1, -0.05) is 46.3 Å². The van der Waals surface area contributed by atoms with E-state index >= 15 is 0 Å². The van der Waals surface area contributed by atoms with E-state index in [0.717, 1.165) is 11.5 Å². The maximum atomic E-state index is 5.81. The number of thiophene rings is 1. The number of para-hydroxylation sites is 1. The molecule has 0 N–H and O–H groups in total. The Morgan fingerprint density at radius 1 is 0.905 bits per heavy atom. The van der Waals surface area contributed by atoms with Gasteiger partial charge in [0.15, 0.2) is 0 Å². The van der Waals surface area contributed by atoms with Gasteiger partial charge >= 0.3 is 0 Å². The third-order valence-corrected chi connectivity index (χ3v) is 5.22. The lowest BCUT2D eigenvalue weighted by atomic mass is 10.0. The number of aryl methyl sites for hydroxylation is 1. The van der Waals surface area contributed by atoms with Crippen LogP contribution in [0.5, 0.6) is 11.5 Å². The topological polar surface area (TPSA) is 9.23 Å². The monoisotopic (exact) mass is 358 g/mol. The lowest BCUT2D eigenvalue weighted by molar-refractivity contribution is 0.482. The zero-order valence-electron chi connectivity index (χ0n) is 11.6. The van der Waals surface area contributed by atoms with Crippen molar-refractivity contribution >= 4 is 27.3 Å². The van der Waals surface area contributed by atoms with Crippen molar-refractivity contribution in [1.29, 1.82) is 0 Å². The van der Waals surface area contributed by atoms with Gasteiger partial charge in [0.25, 0.3) is 0 Å². The van der Waals surface area contributed by atoms with Crippen LogP contribution in [0.25, 0.3) is 0 Å². The van der Waals surface area contributed by atoms with Gasteiger partial charge in [-0.3, -0.25) is 0 Å². The van der Waals surface area contributed by atoms with E-state index in [1.165, 1.54) is 16.7 Å². The van der Waals surface area contributed by atoms with Crippen LogP contribution in [0.3, 0.4) is 0 Å². The minimum Gasteiger partial charge on any atom is -0.457 e. The lowest BCUT2D eigenvalue weighted by Gasteiger charge is -2.11. The molecule has 3 heteroatoms. The molecule has 1 nitrogen and oxygen atoms in total. The standard InChI is InChI=1S/C18H15BrOS/c1-13-11-21-12-17(13)18(19)14-7-9-16(10-8-14)20-15-5-3-2-4-6-15/h2-12,18H,1H3. The van der Waals surface area contributed by atoms with Crippen LogP contribution in [0, 0.1) is 6.92 Å². The van der Waals surface area contributed by atoms with Gasteiger partial charge in [-0.15, -0.1) is 0 Å². The molecule has 21 heavy (non-hydrogen) atoms. The second-order valence-corrected chi connectivity index (χ2v) is 6.52. The normalized spacial score (nSPS) is 12.1. The van der Waals surface area contributed by atoms with Gasteiger partial charge in [-0.25, -0.2) is 0 Å². The Bertz CT molecular complexity index is 704. The summed E-state index contributed by atoms with van der Waals surface area (Å²) in [6.07, 6.45) is 0. The number of hydrogen-bond acceptors (Lipinski definition) is 2. The van der Waals surface area contributed by atoms with Crippen molar-refractivity contribution in [3.05, 3.63) is 82.0 Å². The van der Waals surface area contributed by atoms with E-state index in [9.17, 15) is 0 Å². The number of rotatable bonds is 4. The summed E-state index contributed by atoms with van der Waals surface area (Å²) in [6, 6.07) is 18.1. The van der Waals surface area contributed by atoms with Crippen LogP contribution in [0.4, 0.5) is 0 Å². The zero-order valence-corrected chi connectivity index (χ0v) is 14.0. The van der Waals surface area contributed by atoms with E-state index in [1.807, 2.05) is 42.5 Å². The van der Waals surface area contributed by atoms with Crippen LogP contribution in [0.15, 0.2) is 65.4 Å². The van der Waals surface area contributed by atoms with Crippen LogP contribution < -0.4 is 4.74 Å². The van der Waals surface area contributed by atoms with Crippen LogP contribution in [0.1, 0.15) is 21.5 Å². The minimum absolute atomic E-state index is 0.231. The second kappa shape index (κ2) is 6.46. The molecule has 3 rings (SSSR count). The van der Waals surface area contributed by atoms with Crippen LogP contribution in [-0.4, -0.2) is 0 Å². The number of alkyl halides is 1. The summed E-state index contributed by atoms with van der Waals surface area (Å²) in [5, 5.41) is 4.37. The molecule has 0 aliphatic heterocycles. The summed E-state index contributed by atoms with van der Waals surface area (Å²) in [7, 11) is 0. The van der Waals surface area contributed by atoms with Crippen molar-refractivity contribution in [1.82, 2.24) is 0 Å². The SMILES string of the molecule is Cc1cscc1C(Br)c1ccc(Oc2ccccc2)cc1. The molecule has 0 aliphatic rings. The number of ether oxygens (including phenoxy) is 1. The van der Waals surface area contributed by atoms with Gasteiger partial charge in [0.2, 0.25) is 0 Å². The molecule has 1 heterocycles. The summed E-state index contributed by atoms with van der Waals surface area (Å²) < 4.78 is 5.81. The van der Waals surface area contributed by atoms with Crippen LogP contribution in [-0.2, 0) is 0 Å². The molecule has 0 saturated carbocycles. The molecule has 1 atom stereocenters. The highest BCUT2D eigenvalue weighted by Gasteiger charge is 2.13. The first-order chi connectivity index (χ1) is 10.2. The maximum absolute atomic E-state index is 5.81. The van der Waals surface area contributed by atoms with E-state index in [0.29, 0.717) is 0 Å². The smallest absolute Gasteiger partial charge is 0.127 e. The van der Waals surface area contributed by atoms with Gasteiger partial charge < -0.3 is 4.74 Å². The predicted molar refractivity (Wildman–Crippen MR) is 92.8 cm³/mol. The van der Waals surface area contributed by atoms with E-state index in [2.05, 4.69) is 45.7 Å². The summed E-state index contributed by atoms with van der Waals surface area (Å²) in [5.41, 5.74) is 3.89. The highest BCUT2D eigenvalue weighted by atomic mass is 79.9. The third-order valence-electron chi connectivity index (χ3n) is 3.32. The van der Waals surface area contributed by atoms with E-state index in [4.69, 9.17) is 4.74 Å². The van der Waals surface area contributed by atoms with Crippen LogP contribution >= 0.6 is 27.3 Å². The zero-order chi connectivity index (χ0) is 14.7. The largest absolute Gasteiger partial charge is 0.457 e. The quantitative estimate of drug-likeness (QED) is 0.495. The maximum Gasteiger partial charge on any atom is 0.127 e. The Kier molecular flexibility index (Phi) is 4.42. The molecule has 0 saturated heterocycles. The molecule has 0 bridgehead atoms. The van der Waals surface area contributed by atoms with Gasteiger partial charge in [0.1, 0.15) is 11.5 Å². The van der Waals surface area contributed by atoms with Crippen LogP contribution in [0.2, 0.25) is 0 Å². The summed E-state index contributed by atoms with van der Waals surface area (Å²) in [5.74, 6) is 1.71. The Balaban J connectivity index is 1.77. The molecule has 0 amide bonds. The lowest BCUT2D eigenvalue weighted by Crippen LogP contribution is -1.93. The number of benzene rings is 2. The molecule has 0 radical (unpaired) electrons. The second-order valence-electron chi connectivity index (χ2n) is 4.86. The molecule has 0 fully saturated rings. The molecule has 3 aromatic rings. The average Bonchev–Trinajstić information content (AvgIpc) is 2.94. The van der Waals surface area contributed by atoms with Crippen molar-refractivity contribution in [3.63, 3.8) is 0 Å². The fraction of sp³-hybridized carbons (Fsp3) is 0.111. The Hall–Kier alpha value is -1.58. The molecule has 1 aromatic heterocycles. The van der Waals surface area contributed by atoms with Crippen molar-refractivity contribution in [2.24, 2.45) is 0 Å². The Labute approximate surface area is 137 Å². The number of halogens is 1. The third kappa shape index (κ3) is 3.36. The first-order valence-electron chi connectivity index (χ1n) is 6.73. The molecule has 2 aromatic carbocycles. The van der Waals surface area contributed by atoms with Gasteiger partial charge in [0, 0.05) is 0 Å². The Morgan fingerprint density at radius 2 is 1.57 bits per heavy atom. The highest BCUT2D eigenvalue weighted by Crippen LogP contribution is 2.35. The summed E-state index contributed by atoms with van der Waals surface area (Å²) >= 11 is 5.52. The Morgan fingerprint density at radius 3 is 2.19 bits per heavy atom. The van der Waals surface area contributed by atoms with Gasteiger partial charge in [-0.2, -0.15) is 11.3 Å². The highest BCUT2D eigenvalue weighted by molar-refractivity contribution is 9.09. The molecular weight excluding hydrogens is 344 g/mol. The molecular formula is C18H15BrOS. The van der Waals surface area contributed by atoms with E-state index in [-0.39, 0.29) is 4.83 Å².